The van der Waals surface area contributed by atoms with Crippen LogP contribution in [0.15, 0.2) is 0 Å². The van der Waals surface area contributed by atoms with E-state index in [4.69, 9.17) is 15.0 Å². The van der Waals surface area contributed by atoms with Crippen molar-refractivity contribution in [2.24, 2.45) is 0 Å². The van der Waals surface area contributed by atoms with Gasteiger partial charge in [0.25, 0.3) is 0 Å². The number of rotatable bonds is 0. The van der Waals surface area contributed by atoms with Gasteiger partial charge in [-0.15, -0.1) is 0 Å². The number of carboxylic acid groups (broad SMARTS) is 2. The Morgan fingerprint density at radius 2 is 1.38 bits per heavy atom. The molecule has 0 aliphatic heterocycles. The second-order valence-corrected chi connectivity index (χ2v) is 0.250. The van der Waals surface area contributed by atoms with E-state index in [0.717, 1.165) is 0 Å². The van der Waals surface area contributed by atoms with E-state index >= 15 is 0 Å². The quantitative estimate of drug-likeness (QED) is 0.325. The summed E-state index contributed by atoms with van der Waals surface area (Å²) in [6.07, 6.45) is -2.33. The van der Waals surface area contributed by atoms with Gasteiger partial charge in [0.05, 0.1) is 0 Å². The summed E-state index contributed by atoms with van der Waals surface area (Å²) in [4.78, 5) is 8.33. The first-order chi connectivity index (χ1) is 1.73. The number of carbonyl (C=O) groups is 1. The molecule has 44 valence electrons. The zero-order valence-corrected chi connectivity index (χ0v) is 6.53. The molecule has 3 N–H and O–H groups in total. The van der Waals surface area contributed by atoms with Crippen molar-refractivity contribution < 1.29 is 28.8 Å². The molecule has 0 bridgehead atoms. The average Bonchev–Trinajstić information content (AvgIpc) is 0.811. The Morgan fingerprint density at radius 3 is 1.38 bits per heavy atom. The van der Waals surface area contributed by atoms with Gasteiger partial charge in [0.15, 0.2) is 0 Å². The number of hydrogen-bond donors (Lipinski definition) is 0. The summed E-state index contributed by atoms with van der Waals surface area (Å²) in [5.41, 5.74) is 0. The molecule has 7 heteroatoms. The molecule has 0 aliphatic rings. The van der Waals surface area contributed by atoms with Crippen molar-refractivity contribution in [3.8, 4) is 0 Å². The maximum absolute atomic E-state index is 8.33. The first kappa shape index (κ1) is 39.1. The third-order valence-electron chi connectivity index (χ3n) is 0. The molecule has 0 aromatic carbocycles. The van der Waals surface area contributed by atoms with Crippen LogP contribution in [0.2, 0.25) is 0 Å². The normalized spacial score (nSPS) is 3.00. The van der Waals surface area contributed by atoms with E-state index < -0.39 is 6.16 Å². The second-order valence-electron chi connectivity index (χ2n) is 0.250. The first-order valence-corrected chi connectivity index (χ1v) is 0.612. The van der Waals surface area contributed by atoms with E-state index in [-0.39, 0.29) is 54.2 Å². The monoisotopic (exact) mass is 148 g/mol. The van der Waals surface area contributed by atoms with Crippen LogP contribution in [0.1, 0.15) is 2.85 Å². The molecule has 0 unspecified atom stereocenters. The summed E-state index contributed by atoms with van der Waals surface area (Å²) in [5, 5.41) is 16.7. The minimum Gasteiger partial charge on any atom is -1.00 e. The Morgan fingerprint density at radius 1 is 1.38 bits per heavy atom. The van der Waals surface area contributed by atoms with Gasteiger partial charge >= 0.3 is 40.4 Å². The summed E-state index contributed by atoms with van der Waals surface area (Å²) in [6.45, 7) is 0. The average molecular weight is 148 g/mol. The fourth-order valence-corrected chi connectivity index (χ4v) is 0. The zero-order valence-electron chi connectivity index (χ0n) is 5.96. The van der Waals surface area contributed by atoms with Crippen LogP contribution < -0.4 is 10.2 Å². The van der Waals surface area contributed by atoms with Crippen LogP contribution in [0, 0.1) is 0 Å². The van der Waals surface area contributed by atoms with Crippen LogP contribution >= 0.6 is 0 Å². The molecule has 0 saturated heterocycles. The van der Waals surface area contributed by atoms with E-state index in [2.05, 4.69) is 0 Å². The Kier molecular flexibility index (Phi) is 127. The molecule has 0 fully saturated rings. The standard InChI is InChI=1S/CH2O3.Al.Mg.2H2O.2H/c2-1(3)4;;;;;;/h(H2,2,3,4);;;2*1H2;;/q;+3;+2;;;2*-1/p-3. The molecule has 0 heterocycles. The summed E-state index contributed by atoms with van der Waals surface area (Å²) in [6, 6.07) is 0. The SMILES string of the molecule is O.O=C([O-])[O-].[Al+3].[H-].[H-].[Mg+2].[OH-]. The summed E-state index contributed by atoms with van der Waals surface area (Å²) < 4.78 is 0. The number of hydrogen-bond acceptors (Lipinski definition) is 4. The second kappa shape index (κ2) is 25.9. The molecule has 8 heavy (non-hydrogen) atoms. The van der Waals surface area contributed by atoms with E-state index in [9.17, 15) is 0 Å². The molecule has 0 atom stereocenters. The first-order valence-electron chi connectivity index (χ1n) is 0.612. The van der Waals surface area contributed by atoms with Crippen LogP contribution in [0.25, 0.3) is 0 Å². The predicted octanol–water partition coefficient (Wildman–Crippen LogP) is -3.99. The molecule has 5 nitrogen and oxygen atoms in total. The smallest absolute Gasteiger partial charge is 1.00 e. The fourth-order valence-electron chi connectivity index (χ4n) is 0. The molecule has 0 amide bonds. The van der Waals surface area contributed by atoms with Crippen molar-refractivity contribution in [2.75, 3.05) is 0 Å². The van der Waals surface area contributed by atoms with E-state index in [1.54, 1.807) is 0 Å². The van der Waals surface area contributed by atoms with E-state index in [1.807, 2.05) is 0 Å². The molecule has 0 spiro atoms. The predicted molar refractivity (Wildman–Crippen MR) is 24.7 cm³/mol. The van der Waals surface area contributed by atoms with Crippen LogP contribution in [-0.4, -0.2) is 57.5 Å². The van der Waals surface area contributed by atoms with Gasteiger partial charge < -0.3 is 28.8 Å². The molecule has 0 saturated carbocycles. The van der Waals surface area contributed by atoms with Crippen LogP contribution in [0.3, 0.4) is 0 Å². The minimum atomic E-state index is -2.33. The Hall–Kier alpha value is 0.489. The Balaban J connectivity index is -0.00000000300. The van der Waals surface area contributed by atoms with Crippen molar-refractivity contribution in [3.63, 3.8) is 0 Å². The number of carbonyl (C=O) groups excluding carboxylic acids is 1. The summed E-state index contributed by atoms with van der Waals surface area (Å²) >= 11 is 0. The topological polar surface area (TPSA) is 125 Å². The van der Waals surface area contributed by atoms with Gasteiger partial charge in [-0.25, -0.2) is 0 Å². The Labute approximate surface area is 75.6 Å². The van der Waals surface area contributed by atoms with Crippen LogP contribution in [0.4, 0.5) is 4.79 Å². The van der Waals surface area contributed by atoms with Crippen molar-refractivity contribution in [1.29, 1.82) is 0 Å². The fraction of sp³-hybridized carbons (Fsp3) is 0. The maximum Gasteiger partial charge on any atom is 3.00 e. The van der Waals surface area contributed by atoms with Gasteiger partial charge in [0.1, 0.15) is 0 Å². The van der Waals surface area contributed by atoms with Crippen LogP contribution in [-0.2, 0) is 0 Å². The van der Waals surface area contributed by atoms with E-state index in [1.165, 1.54) is 0 Å². The molecule has 0 aliphatic carbocycles. The minimum absolute atomic E-state index is 0. The molecule has 0 aromatic rings. The van der Waals surface area contributed by atoms with Crippen LogP contribution in [0.5, 0.6) is 0 Å². The maximum atomic E-state index is 8.33. The molecular weight excluding hydrogens is 143 g/mol. The summed E-state index contributed by atoms with van der Waals surface area (Å²) in [7, 11) is 0. The third kappa shape index (κ3) is 818. The zero-order chi connectivity index (χ0) is 3.58. The van der Waals surface area contributed by atoms with Crippen molar-refractivity contribution in [1.82, 2.24) is 0 Å². The van der Waals surface area contributed by atoms with E-state index in [0.29, 0.717) is 0 Å². The van der Waals surface area contributed by atoms with Gasteiger partial charge in [-0.1, -0.05) is 0 Å². The van der Waals surface area contributed by atoms with Gasteiger partial charge in [0.2, 0.25) is 0 Å². The van der Waals surface area contributed by atoms with Gasteiger partial charge in [-0.05, 0) is 6.16 Å². The van der Waals surface area contributed by atoms with Crippen molar-refractivity contribution in [3.05, 3.63) is 0 Å². The van der Waals surface area contributed by atoms with Gasteiger partial charge in [-0.2, -0.15) is 0 Å². The van der Waals surface area contributed by atoms with Crippen molar-refractivity contribution >= 4 is 46.6 Å². The largest absolute Gasteiger partial charge is 3.00 e. The molecule has 0 rings (SSSR count). The third-order valence-corrected chi connectivity index (χ3v) is 0. The summed E-state index contributed by atoms with van der Waals surface area (Å²) in [5.74, 6) is 0. The van der Waals surface area contributed by atoms with Gasteiger partial charge in [-0.3, -0.25) is 0 Å². The molecule has 0 aromatic heterocycles. The molecular formula is CH5AlMgO5. The van der Waals surface area contributed by atoms with Gasteiger partial charge in [0, 0.05) is 0 Å². The Bertz CT molecular complexity index is 42.6. The molecule has 0 radical (unpaired) electrons. The van der Waals surface area contributed by atoms with Crippen molar-refractivity contribution in [2.45, 2.75) is 0 Å².